The zero-order chi connectivity index (χ0) is 14.7. The van der Waals surface area contributed by atoms with Crippen LogP contribution < -0.4 is 4.90 Å². The van der Waals surface area contributed by atoms with E-state index in [1.165, 1.54) is 25.1 Å². The van der Waals surface area contributed by atoms with E-state index in [4.69, 9.17) is 0 Å². The van der Waals surface area contributed by atoms with Crippen molar-refractivity contribution in [2.24, 2.45) is 0 Å². The van der Waals surface area contributed by atoms with Crippen molar-refractivity contribution in [3.8, 4) is 0 Å². The number of aliphatic hydroxyl groups is 1. The summed E-state index contributed by atoms with van der Waals surface area (Å²) in [5, 5.41) is 9.72. The van der Waals surface area contributed by atoms with E-state index in [1.54, 1.807) is 36.2 Å². The molecule has 2 aromatic carbocycles. The van der Waals surface area contributed by atoms with Crippen molar-refractivity contribution in [3.63, 3.8) is 0 Å². The van der Waals surface area contributed by atoms with Crippen LogP contribution in [0.4, 0.5) is 14.5 Å². The lowest BCUT2D eigenvalue weighted by Gasteiger charge is -2.24. The number of nitrogens with zero attached hydrogens (tertiary/aromatic N) is 1. The summed E-state index contributed by atoms with van der Waals surface area (Å²) in [6.45, 7) is 1.96. The normalized spacial score (nSPS) is 12.2. The Balaban J connectivity index is 2.30. The Labute approximate surface area is 117 Å². The van der Waals surface area contributed by atoms with Gasteiger partial charge in [0.2, 0.25) is 0 Å². The molecule has 0 aromatic heterocycles. The SMILES string of the molecule is C[C@H](O)c1c(F)cccc1N(C)Cc1cccc(F)c1. The van der Waals surface area contributed by atoms with E-state index in [0.29, 0.717) is 12.2 Å². The van der Waals surface area contributed by atoms with Crippen molar-refractivity contribution in [1.29, 1.82) is 0 Å². The van der Waals surface area contributed by atoms with E-state index in [9.17, 15) is 13.9 Å². The van der Waals surface area contributed by atoms with Crippen LogP contribution in [0.15, 0.2) is 42.5 Å². The van der Waals surface area contributed by atoms with Gasteiger partial charge in [-0.05, 0) is 36.8 Å². The lowest BCUT2D eigenvalue weighted by Crippen LogP contribution is -2.19. The fourth-order valence-corrected chi connectivity index (χ4v) is 2.27. The Kier molecular flexibility index (Phi) is 4.35. The van der Waals surface area contributed by atoms with Crippen LogP contribution in [0.2, 0.25) is 0 Å². The number of aliphatic hydroxyl groups excluding tert-OH is 1. The minimum absolute atomic E-state index is 0.256. The molecule has 0 aliphatic rings. The van der Waals surface area contributed by atoms with Gasteiger partial charge in [-0.1, -0.05) is 18.2 Å². The van der Waals surface area contributed by atoms with Gasteiger partial charge in [-0.3, -0.25) is 0 Å². The summed E-state index contributed by atoms with van der Waals surface area (Å²) in [6.07, 6.45) is -0.902. The van der Waals surface area contributed by atoms with E-state index >= 15 is 0 Å². The predicted molar refractivity (Wildman–Crippen MR) is 75.5 cm³/mol. The fraction of sp³-hybridized carbons (Fsp3) is 0.250. The molecule has 0 unspecified atom stereocenters. The third-order valence-electron chi connectivity index (χ3n) is 3.17. The van der Waals surface area contributed by atoms with Crippen molar-refractivity contribution in [1.82, 2.24) is 0 Å². The van der Waals surface area contributed by atoms with Crippen LogP contribution in [0.5, 0.6) is 0 Å². The van der Waals surface area contributed by atoms with Gasteiger partial charge in [-0.25, -0.2) is 8.78 Å². The van der Waals surface area contributed by atoms with Crippen molar-refractivity contribution < 1.29 is 13.9 Å². The second kappa shape index (κ2) is 6.01. The lowest BCUT2D eigenvalue weighted by molar-refractivity contribution is 0.194. The lowest BCUT2D eigenvalue weighted by atomic mass is 10.1. The highest BCUT2D eigenvalue weighted by molar-refractivity contribution is 5.55. The molecule has 0 aliphatic heterocycles. The number of hydrogen-bond acceptors (Lipinski definition) is 2. The van der Waals surface area contributed by atoms with Gasteiger partial charge in [0.15, 0.2) is 0 Å². The van der Waals surface area contributed by atoms with E-state index in [2.05, 4.69) is 0 Å². The van der Waals surface area contributed by atoms with Crippen LogP contribution >= 0.6 is 0 Å². The van der Waals surface area contributed by atoms with Gasteiger partial charge in [-0.2, -0.15) is 0 Å². The summed E-state index contributed by atoms with van der Waals surface area (Å²) in [6, 6.07) is 10.9. The molecule has 0 spiro atoms. The maximum Gasteiger partial charge on any atom is 0.131 e. The highest BCUT2D eigenvalue weighted by Crippen LogP contribution is 2.29. The Bertz CT molecular complexity index is 599. The maximum atomic E-state index is 13.8. The molecule has 4 heteroatoms. The van der Waals surface area contributed by atoms with Crippen LogP contribution in [-0.2, 0) is 6.54 Å². The predicted octanol–water partition coefficient (Wildman–Crippen LogP) is 3.65. The first-order valence-corrected chi connectivity index (χ1v) is 6.41. The molecule has 1 N–H and O–H groups in total. The summed E-state index contributed by atoms with van der Waals surface area (Å²) in [4.78, 5) is 1.79. The molecule has 1 atom stereocenters. The number of rotatable bonds is 4. The minimum atomic E-state index is -0.902. The van der Waals surface area contributed by atoms with E-state index in [1.807, 2.05) is 0 Å². The number of benzene rings is 2. The molecule has 0 heterocycles. The van der Waals surface area contributed by atoms with Gasteiger partial charge in [0.1, 0.15) is 11.6 Å². The Morgan fingerprint density at radius 3 is 2.50 bits per heavy atom. The Hall–Kier alpha value is -1.94. The number of hydrogen-bond donors (Lipinski definition) is 1. The van der Waals surface area contributed by atoms with Gasteiger partial charge in [0.05, 0.1) is 6.10 Å². The summed E-state index contributed by atoms with van der Waals surface area (Å²) in [5.41, 5.74) is 1.64. The topological polar surface area (TPSA) is 23.5 Å². The highest BCUT2D eigenvalue weighted by Gasteiger charge is 2.16. The van der Waals surface area contributed by atoms with Gasteiger partial charge < -0.3 is 10.0 Å². The van der Waals surface area contributed by atoms with Crippen LogP contribution in [0.1, 0.15) is 24.2 Å². The first-order chi connectivity index (χ1) is 9.49. The molecule has 20 heavy (non-hydrogen) atoms. The number of anilines is 1. The second-order valence-electron chi connectivity index (χ2n) is 4.83. The summed E-state index contributed by atoms with van der Waals surface area (Å²) < 4.78 is 27.0. The standard InChI is InChI=1S/C16H17F2NO/c1-11(20)16-14(18)7-4-8-15(16)19(2)10-12-5-3-6-13(17)9-12/h3-9,11,20H,10H2,1-2H3/t11-/m0/s1. The van der Waals surface area contributed by atoms with Gasteiger partial charge in [0, 0.05) is 24.8 Å². The molecule has 0 bridgehead atoms. The van der Waals surface area contributed by atoms with E-state index in [0.717, 1.165) is 5.56 Å². The monoisotopic (exact) mass is 277 g/mol. The molecular formula is C16H17F2NO. The second-order valence-corrected chi connectivity index (χ2v) is 4.83. The molecule has 0 fully saturated rings. The Morgan fingerprint density at radius 1 is 1.15 bits per heavy atom. The van der Waals surface area contributed by atoms with E-state index in [-0.39, 0.29) is 11.4 Å². The zero-order valence-electron chi connectivity index (χ0n) is 11.5. The van der Waals surface area contributed by atoms with Crippen LogP contribution in [0, 0.1) is 11.6 Å². The van der Waals surface area contributed by atoms with Crippen LogP contribution in [0.3, 0.4) is 0 Å². The summed E-state index contributed by atoms with van der Waals surface area (Å²) in [7, 11) is 1.78. The minimum Gasteiger partial charge on any atom is -0.389 e. The molecule has 2 rings (SSSR count). The smallest absolute Gasteiger partial charge is 0.131 e. The van der Waals surface area contributed by atoms with Gasteiger partial charge in [-0.15, -0.1) is 0 Å². The fourth-order valence-electron chi connectivity index (χ4n) is 2.27. The van der Waals surface area contributed by atoms with Crippen molar-refractivity contribution in [3.05, 3.63) is 65.2 Å². The molecule has 2 nitrogen and oxygen atoms in total. The van der Waals surface area contributed by atoms with Crippen molar-refractivity contribution in [2.75, 3.05) is 11.9 Å². The largest absolute Gasteiger partial charge is 0.389 e. The molecule has 0 amide bonds. The van der Waals surface area contributed by atoms with Crippen LogP contribution in [0.25, 0.3) is 0 Å². The maximum absolute atomic E-state index is 13.8. The average Bonchev–Trinajstić information content (AvgIpc) is 2.37. The highest BCUT2D eigenvalue weighted by atomic mass is 19.1. The summed E-state index contributed by atoms with van der Waals surface area (Å²) in [5.74, 6) is -0.741. The van der Waals surface area contributed by atoms with Crippen molar-refractivity contribution in [2.45, 2.75) is 19.6 Å². The van der Waals surface area contributed by atoms with Crippen molar-refractivity contribution >= 4 is 5.69 Å². The first-order valence-electron chi connectivity index (χ1n) is 6.41. The molecule has 106 valence electrons. The van der Waals surface area contributed by atoms with Gasteiger partial charge >= 0.3 is 0 Å². The third kappa shape index (κ3) is 3.14. The average molecular weight is 277 g/mol. The number of halogens is 2. The van der Waals surface area contributed by atoms with E-state index < -0.39 is 11.9 Å². The van der Waals surface area contributed by atoms with Gasteiger partial charge in [0.25, 0.3) is 0 Å². The quantitative estimate of drug-likeness (QED) is 0.922. The first kappa shape index (κ1) is 14.5. The third-order valence-corrected chi connectivity index (χ3v) is 3.17. The molecule has 0 radical (unpaired) electrons. The Morgan fingerprint density at radius 2 is 1.85 bits per heavy atom. The molecule has 0 aliphatic carbocycles. The summed E-state index contributed by atoms with van der Waals surface area (Å²) >= 11 is 0. The molecule has 2 aromatic rings. The molecular weight excluding hydrogens is 260 g/mol. The molecule has 0 saturated heterocycles. The van der Waals surface area contributed by atoms with Crippen LogP contribution in [-0.4, -0.2) is 12.2 Å². The molecule has 0 saturated carbocycles. The zero-order valence-corrected chi connectivity index (χ0v) is 11.5.